The van der Waals surface area contributed by atoms with Gasteiger partial charge >= 0.3 is 0 Å². The predicted octanol–water partition coefficient (Wildman–Crippen LogP) is 4.17. The maximum absolute atomic E-state index is 13.3. The van der Waals surface area contributed by atoms with Crippen molar-refractivity contribution in [2.45, 2.75) is 65.1 Å². The van der Waals surface area contributed by atoms with Gasteiger partial charge in [-0.3, -0.25) is 9.59 Å². The van der Waals surface area contributed by atoms with E-state index in [9.17, 15) is 9.59 Å². The minimum absolute atomic E-state index is 0.136. The Hall–Kier alpha value is -3.22. The van der Waals surface area contributed by atoms with Crippen molar-refractivity contribution >= 4 is 28.4 Å². The highest BCUT2D eigenvalue weighted by molar-refractivity contribution is 6.06. The summed E-state index contributed by atoms with van der Waals surface area (Å²) in [6.45, 7) is 6.74. The first-order valence-electron chi connectivity index (χ1n) is 11.0. The molecule has 7 heteroatoms. The zero-order valence-corrected chi connectivity index (χ0v) is 18.3. The predicted molar refractivity (Wildman–Crippen MR) is 121 cm³/mol. The van der Waals surface area contributed by atoms with Crippen molar-refractivity contribution in [1.82, 2.24) is 20.1 Å². The molecule has 1 atom stereocenters. The van der Waals surface area contributed by atoms with Crippen LogP contribution in [0.25, 0.3) is 11.0 Å². The molecule has 7 nitrogen and oxygen atoms in total. The van der Waals surface area contributed by atoms with Crippen molar-refractivity contribution in [1.29, 1.82) is 0 Å². The molecule has 0 radical (unpaired) electrons. The molecule has 3 aromatic rings. The van der Waals surface area contributed by atoms with Gasteiger partial charge in [-0.15, -0.1) is 0 Å². The fourth-order valence-corrected chi connectivity index (χ4v) is 4.30. The first-order chi connectivity index (χ1) is 15.0. The van der Waals surface area contributed by atoms with Gasteiger partial charge in [-0.1, -0.05) is 24.3 Å². The van der Waals surface area contributed by atoms with Gasteiger partial charge in [0.1, 0.15) is 5.78 Å². The molecular formula is C24H29N5O2. The summed E-state index contributed by atoms with van der Waals surface area (Å²) in [6, 6.07) is 8.06. The highest BCUT2D eigenvalue weighted by Gasteiger charge is 2.24. The van der Waals surface area contributed by atoms with Crippen LogP contribution in [-0.2, 0) is 11.3 Å². The number of aromatic nitrogens is 3. The van der Waals surface area contributed by atoms with Gasteiger partial charge < -0.3 is 10.6 Å². The lowest BCUT2D eigenvalue weighted by Gasteiger charge is -2.25. The third-order valence-corrected chi connectivity index (χ3v) is 6.10. The topological polar surface area (TPSA) is 88.9 Å². The van der Waals surface area contributed by atoms with E-state index in [1.165, 1.54) is 0 Å². The van der Waals surface area contributed by atoms with Crippen molar-refractivity contribution in [3.05, 3.63) is 53.3 Å². The van der Waals surface area contributed by atoms with Crippen LogP contribution < -0.4 is 10.6 Å². The van der Waals surface area contributed by atoms with Gasteiger partial charge in [-0.05, 0) is 44.7 Å². The summed E-state index contributed by atoms with van der Waals surface area (Å²) < 4.78 is 1.82. The van der Waals surface area contributed by atoms with Crippen LogP contribution in [0.2, 0.25) is 0 Å². The second-order valence-electron chi connectivity index (χ2n) is 8.25. The van der Waals surface area contributed by atoms with Gasteiger partial charge in [0, 0.05) is 31.6 Å². The third kappa shape index (κ3) is 4.31. The Morgan fingerprint density at radius 3 is 2.68 bits per heavy atom. The van der Waals surface area contributed by atoms with Gasteiger partial charge in [0.2, 0.25) is 0 Å². The zero-order valence-electron chi connectivity index (χ0n) is 18.3. The molecule has 1 saturated carbocycles. The summed E-state index contributed by atoms with van der Waals surface area (Å²) in [7, 11) is 0. The molecule has 0 saturated heterocycles. The number of amides is 1. The van der Waals surface area contributed by atoms with E-state index < -0.39 is 0 Å². The van der Waals surface area contributed by atoms with Gasteiger partial charge in [0.25, 0.3) is 5.91 Å². The van der Waals surface area contributed by atoms with Gasteiger partial charge in [0.05, 0.1) is 28.9 Å². The highest BCUT2D eigenvalue weighted by Crippen LogP contribution is 2.30. The van der Waals surface area contributed by atoms with E-state index in [2.05, 4.69) is 20.7 Å². The molecule has 1 fully saturated rings. The number of benzene rings is 1. The van der Waals surface area contributed by atoms with Crippen molar-refractivity contribution in [2.75, 3.05) is 5.32 Å². The zero-order chi connectivity index (χ0) is 22.0. The van der Waals surface area contributed by atoms with E-state index in [1.807, 2.05) is 49.7 Å². The number of rotatable bonds is 6. The van der Waals surface area contributed by atoms with Crippen LogP contribution in [0, 0.1) is 6.92 Å². The van der Waals surface area contributed by atoms with Crippen LogP contribution in [0.3, 0.4) is 0 Å². The number of hydrogen-bond donors (Lipinski definition) is 2. The maximum Gasteiger partial charge on any atom is 0.255 e. The van der Waals surface area contributed by atoms with Crippen molar-refractivity contribution in [3.63, 3.8) is 0 Å². The van der Waals surface area contributed by atoms with E-state index in [-0.39, 0.29) is 18.0 Å². The Kier molecular flexibility index (Phi) is 6.02. The molecule has 2 heterocycles. The van der Waals surface area contributed by atoms with E-state index >= 15 is 0 Å². The molecule has 0 bridgehead atoms. The summed E-state index contributed by atoms with van der Waals surface area (Å²) >= 11 is 0. The number of anilines is 1. The SMILES string of the molecule is CCn1ncc2c(NC3CCC(=O)CC3)c(C(=O)NC(C)c3ccccc3C)cnc21. The smallest absolute Gasteiger partial charge is 0.255 e. The number of nitrogens with one attached hydrogen (secondary N) is 2. The van der Waals surface area contributed by atoms with Crippen LogP contribution in [0.15, 0.2) is 36.7 Å². The standard InChI is InChI=1S/C24H29N5O2/c1-4-29-23-20(14-26-29)22(28-17-9-11-18(30)12-10-17)21(13-25-23)24(31)27-16(3)19-8-6-5-7-15(19)2/h5-8,13-14,16-17H,4,9-12H2,1-3H3,(H,25,28)(H,27,31). The summed E-state index contributed by atoms with van der Waals surface area (Å²) in [5, 5.41) is 11.9. The quantitative estimate of drug-likeness (QED) is 0.626. The van der Waals surface area contributed by atoms with Crippen LogP contribution in [0.1, 0.15) is 67.1 Å². The average molecular weight is 420 g/mol. The van der Waals surface area contributed by atoms with Gasteiger partial charge in [-0.2, -0.15) is 5.10 Å². The van der Waals surface area contributed by atoms with Crippen LogP contribution in [0.4, 0.5) is 5.69 Å². The molecule has 0 aliphatic heterocycles. The second-order valence-corrected chi connectivity index (χ2v) is 8.25. The molecule has 2 N–H and O–H groups in total. The van der Waals surface area contributed by atoms with Gasteiger partial charge in [0.15, 0.2) is 5.65 Å². The number of carbonyl (C=O) groups excluding carboxylic acids is 2. The Morgan fingerprint density at radius 2 is 1.97 bits per heavy atom. The largest absolute Gasteiger partial charge is 0.381 e. The lowest BCUT2D eigenvalue weighted by molar-refractivity contribution is -0.120. The molecule has 1 aliphatic rings. The Balaban J connectivity index is 1.66. The number of Topliss-reactive ketones (excluding diaryl/α,β-unsaturated/α-hetero) is 1. The Bertz CT molecular complexity index is 1110. The monoisotopic (exact) mass is 419 g/mol. The number of pyridine rings is 1. The second kappa shape index (κ2) is 8.88. The number of aryl methyl sites for hydroxylation is 2. The van der Waals surface area contributed by atoms with E-state index in [1.54, 1.807) is 12.4 Å². The lowest BCUT2D eigenvalue weighted by atomic mass is 9.94. The number of fused-ring (bicyclic) bond motifs is 1. The van der Waals surface area contributed by atoms with Crippen molar-refractivity contribution in [2.24, 2.45) is 0 Å². The van der Waals surface area contributed by atoms with E-state index in [4.69, 9.17) is 0 Å². The molecule has 31 heavy (non-hydrogen) atoms. The first-order valence-corrected chi connectivity index (χ1v) is 11.0. The Labute approximate surface area is 182 Å². The minimum Gasteiger partial charge on any atom is -0.381 e. The lowest BCUT2D eigenvalue weighted by Crippen LogP contribution is -2.30. The molecular weight excluding hydrogens is 390 g/mol. The third-order valence-electron chi connectivity index (χ3n) is 6.10. The van der Waals surface area contributed by atoms with E-state index in [0.29, 0.717) is 30.7 Å². The van der Waals surface area contributed by atoms with Crippen LogP contribution in [-0.4, -0.2) is 32.5 Å². The molecule has 4 rings (SSSR count). The summed E-state index contributed by atoms with van der Waals surface area (Å²) in [5.74, 6) is 0.130. The van der Waals surface area contributed by atoms with E-state index in [0.717, 1.165) is 40.7 Å². The minimum atomic E-state index is -0.177. The molecule has 1 aromatic carbocycles. The Morgan fingerprint density at radius 1 is 1.23 bits per heavy atom. The molecule has 2 aromatic heterocycles. The average Bonchev–Trinajstić information content (AvgIpc) is 3.19. The van der Waals surface area contributed by atoms with Crippen molar-refractivity contribution in [3.8, 4) is 0 Å². The number of carbonyl (C=O) groups is 2. The normalized spacial score (nSPS) is 15.8. The van der Waals surface area contributed by atoms with Crippen molar-refractivity contribution < 1.29 is 9.59 Å². The molecule has 1 aliphatic carbocycles. The maximum atomic E-state index is 13.3. The van der Waals surface area contributed by atoms with Crippen LogP contribution >= 0.6 is 0 Å². The van der Waals surface area contributed by atoms with Crippen LogP contribution in [0.5, 0.6) is 0 Å². The number of ketones is 1. The summed E-state index contributed by atoms with van der Waals surface area (Å²) in [6.07, 6.45) is 6.09. The summed E-state index contributed by atoms with van der Waals surface area (Å²) in [4.78, 5) is 29.5. The highest BCUT2D eigenvalue weighted by atomic mass is 16.1. The molecule has 1 amide bonds. The number of nitrogens with zero attached hydrogens (tertiary/aromatic N) is 3. The molecule has 0 spiro atoms. The molecule has 1 unspecified atom stereocenters. The number of hydrogen-bond acceptors (Lipinski definition) is 5. The molecule has 162 valence electrons. The first kappa shape index (κ1) is 21.0. The fraction of sp³-hybridized carbons (Fsp3) is 0.417. The summed E-state index contributed by atoms with van der Waals surface area (Å²) in [5.41, 5.74) is 4.22. The van der Waals surface area contributed by atoms with Gasteiger partial charge in [-0.25, -0.2) is 9.67 Å². The fourth-order valence-electron chi connectivity index (χ4n) is 4.30.